The number of ether oxygens (including phenoxy) is 2. The number of hydrogen-bond donors (Lipinski definition) is 0. The second-order valence-corrected chi connectivity index (χ2v) is 4.52. The van der Waals surface area contributed by atoms with E-state index in [9.17, 15) is 9.59 Å². The molecule has 1 aliphatic rings. The van der Waals surface area contributed by atoms with Gasteiger partial charge >= 0.3 is 0 Å². The van der Waals surface area contributed by atoms with Crippen LogP contribution in [0, 0.1) is 0 Å². The second-order valence-electron chi connectivity index (χ2n) is 3.64. The summed E-state index contributed by atoms with van der Waals surface area (Å²) < 4.78 is 9.95. The van der Waals surface area contributed by atoms with Crippen molar-refractivity contribution in [3.8, 4) is 0 Å². The maximum atomic E-state index is 12.2. The number of carbonyl (C=O) groups excluding carboxylic acids is 2. The highest BCUT2D eigenvalue weighted by Gasteiger charge is 2.34. The molecule has 0 N–H and O–H groups in total. The Morgan fingerprint density at radius 1 is 0.944 bits per heavy atom. The molecule has 0 spiro atoms. The van der Waals surface area contributed by atoms with E-state index in [1.54, 1.807) is 18.2 Å². The molecule has 1 aromatic rings. The largest absolute Gasteiger partial charge is 0.489 e. The van der Waals surface area contributed by atoms with Crippen molar-refractivity contribution in [3.63, 3.8) is 0 Å². The zero-order valence-corrected chi connectivity index (χ0v) is 11.1. The summed E-state index contributed by atoms with van der Waals surface area (Å²) in [6.45, 7) is 0. The number of methoxy groups -OCH3 is 2. The number of rotatable bonds is 3. The fourth-order valence-corrected chi connectivity index (χ4v) is 2.30. The number of benzene rings is 1. The molecule has 0 radical (unpaired) electrons. The number of ketones is 2. The Bertz CT molecular complexity index is 560. The van der Waals surface area contributed by atoms with E-state index in [2.05, 4.69) is 0 Å². The van der Waals surface area contributed by atoms with Gasteiger partial charge in [-0.1, -0.05) is 0 Å². The van der Waals surface area contributed by atoms with Crippen molar-refractivity contribution >= 4 is 23.3 Å². The Hall–Kier alpha value is -1.75. The Balaban J connectivity index is 2.64. The van der Waals surface area contributed by atoms with E-state index in [-0.39, 0.29) is 23.1 Å². The van der Waals surface area contributed by atoms with Gasteiger partial charge in [0, 0.05) is 16.0 Å². The third-order valence-electron chi connectivity index (χ3n) is 2.74. The van der Waals surface area contributed by atoms with Crippen molar-refractivity contribution in [2.45, 2.75) is 4.90 Å². The molecule has 0 heterocycles. The van der Waals surface area contributed by atoms with Crippen LogP contribution in [-0.4, -0.2) is 32.0 Å². The van der Waals surface area contributed by atoms with Gasteiger partial charge in [-0.25, -0.2) is 0 Å². The van der Waals surface area contributed by atoms with Crippen LogP contribution in [0.25, 0.3) is 0 Å². The van der Waals surface area contributed by atoms with Gasteiger partial charge < -0.3 is 9.47 Å². The molecular formula is C13H12O4S. The number of fused-ring (bicyclic) bond motifs is 1. The molecule has 18 heavy (non-hydrogen) atoms. The predicted octanol–water partition coefficient (Wildman–Crippen LogP) is 2.29. The Morgan fingerprint density at radius 3 is 2.00 bits per heavy atom. The van der Waals surface area contributed by atoms with E-state index in [1.807, 2.05) is 6.26 Å². The van der Waals surface area contributed by atoms with Crippen molar-refractivity contribution < 1.29 is 19.1 Å². The standard InChI is InChI=1S/C13H12O4S/c1-16-12-10(14)8-5-4-7(18-3)6-9(8)11(15)13(12)17-2/h4-6H,1-3H3. The van der Waals surface area contributed by atoms with Crippen LogP contribution < -0.4 is 0 Å². The molecule has 1 aliphatic carbocycles. The van der Waals surface area contributed by atoms with Crippen LogP contribution in [0.2, 0.25) is 0 Å². The quantitative estimate of drug-likeness (QED) is 0.784. The van der Waals surface area contributed by atoms with E-state index in [0.717, 1.165) is 4.90 Å². The van der Waals surface area contributed by atoms with E-state index in [4.69, 9.17) is 9.47 Å². The van der Waals surface area contributed by atoms with Crippen molar-refractivity contribution in [3.05, 3.63) is 40.8 Å². The van der Waals surface area contributed by atoms with Gasteiger partial charge in [-0.15, -0.1) is 11.8 Å². The highest BCUT2D eigenvalue weighted by atomic mass is 32.2. The minimum absolute atomic E-state index is 0.0340. The summed E-state index contributed by atoms with van der Waals surface area (Å²) in [5, 5.41) is 0. The molecule has 0 bridgehead atoms. The summed E-state index contributed by atoms with van der Waals surface area (Å²) in [6.07, 6.45) is 1.91. The summed E-state index contributed by atoms with van der Waals surface area (Å²) in [5.41, 5.74) is 0.722. The molecule has 2 rings (SSSR count). The van der Waals surface area contributed by atoms with Gasteiger partial charge in [-0.2, -0.15) is 0 Å². The summed E-state index contributed by atoms with van der Waals surface area (Å²) in [5.74, 6) is -0.711. The molecule has 0 saturated carbocycles. The lowest BCUT2D eigenvalue weighted by Crippen LogP contribution is -2.24. The topological polar surface area (TPSA) is 52.6 Å². The molecule has 0 aromatic heterocycles. The zero-order valence-electron chi connectivity index (χ0n) is 10.3. The van der Waals surface area contributed by atoms with Gasteiger partial charge in [0.15, 0.2) is 0 Å². The average molecular weight is 264 g/mol. The number of Topliss-reactive ketones (excluding diaryl/α,β-unsaturated/α-hetero) is 2. The summed E-state index contributed by atoms with van der Waals surface area (Å²) in [4.78, 5) is 25.3. The molecule has 0 unspecified atom stereocenters. The smallest absolute Gasteiger partial charge is 0.232 e. The lowest BCUT2D eigenvalue weighted by atomic mass is 9.92. The SMILES string of the molecule is COC1=C(OC)C(=O)c2cc(SC)ccc2C1=O. The molecule has 0 fully saturated rings. The monoisotopic (exact) mass is 264 g/mol. The average Bonchev–Trinajstić information content (AvgIpc) is 2.41. The maximum Gasteiger partial charge on any atom is 0.232 e. The van der Waals surface area contributed by atoms with Gasteiger partial charge in [-0.05, 0) is 24.5 Å². The Labute approximate surface area is 109 Å². The first kappa shape index (κ1) is 12.7. The van der Waals surface area contributed by atoms with Gasteiger partial charge in [-0.3, -0.25) is 9.59 Å². The van der Waals surface area contributed by atoms with Gasteiger partial charge in [0.2, 0.25) is 23.1 Å². The first-order chi connectivity index (χ1) is 8.63. The Kier molecular flexibility index (Phi) is 3.43. The minimum Gasteiger partial charge on any atom is -0.489 e. The second kappa shape index (κ2) is 4.86. The third kappa shape index (κ3) is 1.80. The minimum atomic E-state index is -0.323. The number of thioether (sulfide) groups is 1. The molecule has 0 saturated heterocycles. The van der Waals surface area contributed by atoms with Crippen molar-refractivity contribution in [2.75, 3.05) is 20.5 Å². The van der Waals surface area contributed by atoms with Gasteiger partial charge in [0.1, 0.15) is 0 Å². The number of allylic oxidation sites excluding steroid dienone is 2. The van der Waals surface area contributed by atoms with Crippen molar-refractivity contribution in [1.29, 1.82) is 0 Å². The highest BCUT2D eigenvalue weighted by molar-refractivity contribution is 7.98. The molecule has 0 amide bonds. The maximum absolute atomic E-state index is 12.2. The van der Waals surface area contributed by atoms with Gasteiger partial charge in [0.25, 0.3) is 0 Å². The first-order valence-corrected chi connectivity index (χ1v) is 6.46. The number of hydrogen-bond acceptors (Lipinski definition) is 5. The van der Waals surface area contributed by atoms with Crippen molar-refractivity contribution in [2.24, 2.45) is 0 Å². The summed E-state index contributed by atoms with van der Waals surface area (Å²) >= 11 is 1.51. The summed E-state index contributed by atoms with van der Waals surface area (Å²) in [6, 6.07) is 5.15. The first-order valence-electron chi connectivity index (χ1n) is 5.23. The van der Waals surface area contributed by atoms with Crippen LogP contribution in [-0.2, 0) is 9.47 Å². The molecule has 94 valence electrons. The molecule has 4 nitrogen and oxygen atoms in total. The van der Waals surface area contributed by atoms with Crippen LogP contribution in [0.4, 0.5) is 0 Å². The normalized spacial score (nSPS) is 14.6. The van der Waals surface area contributed by atoms with E-state index in [0.29, 0.717) is 11.1 Å². The van der Waals surface area contributed by atoms with Crippen LogP contribution in [0.5, 0.6) is 0 Å². The van der Waals surface area contributed by atoms with Crippen LogP contribution in [0.15, 0.2) is 34.6 Å². The predicted molar refractivity (Wildman–Crippen MR) is 67.9 cm³/mol. The van der Waals surface area contributed by atoms with E-state index in [1.165, 1.54) is 26.0 Å². The lowest BCUT2D eigenvalue weighted by Gasteiger charge is -2.19. The lowest BCUT2D eigenvalue weighted by molar-refractivity contribution is 0.0829. The fraction of sp³-hybridized carbons (Fsp3) is 0.231. The fourth-order valence-electron chi connectivity index (χ4n) is 1.86. The zero-order chi connectivity index (χ0) is 13.3. The summed E-state index contributed by atoms with van der Waals surface area (Å²) in [7, 11) is 2.70. The Morgan fingerprint density at radius 2 is 1.50 bits per heavy atom. The van der Waals surface area contributed by atoms with Crippen LogP contribution in [0.1, 0.15) is 20.7 Å². The van der Waals surface area contributed by atoms with Crippen LogP contribution in [0.3, 0.4) is 0 Å². The third-order valence-corrected chi connectivity index (χ3v) is 3.47. The molecule has 0 atom stereocenters. The van der Waals surface area contributed by atoms with E-state index >= 15 is 0 Å². The molecule has 5 heteroatoms. The number of carbonyl (C=O) groups is 2. The molecule has 0 aliphatic heterocycles. The van der Waals surface area contributed by atoms with Crippen LogP contribution >= 0.6 is 11.8 Å². The van der Waals surface area contributed by atoms with Crippen molar-refractivity contribution in [1.82, 2.24) is 0 Å². The molecule has 1 aromatic carbocycles. The highest BCUT2D eigenvalue weighted by Crippen LogP contribution is 2.29. The van der Waals surface area contributed by atoms with E-state index < -0.39 is 0 Å². The molecular weight excluding hydrogens is 252 g/mol. The van der Waals surface area contributed by atoms with Gasteiger partial charge in [0.05, 0.1) is 14.2 Å².